The number of benzene rings is 2. The van der Waals surface area contributed by atoms with Crippen LogP contribution in [0.15, 0.2) is 42.5 Å². The van der Waals surface area contributed by atoms with Crippen molar-refractivity contribution in [2.75, 3.05) is 6.54 Å². The Morgan fingerprint density at radius 1 is 0.926 bits per heavy atom. The summed E-state index contributed by atoms with van der Waals surface area (Å²) in [7, 11) is 0. The lowest BCUT2D eigenvalue weighted by molar-refractivity contribution is -0.128. The van der Waals surface area contributed by atoms with E-state index in [2.05, 4.69) is 16.2 Å². The average molecular weight is 396 g/mol. The van der Waals surface area contributed by atoms with Gasteiger partial charge in [-0.25, -0.2) is 8.78 Å². The average Bonchev–Trinajstić information content (AvgIpc) is 2.62. The van der Waals surface area contributed by atoms with E-state index >= 15 is 0 Å². The molecule has 0 bridgehead atoms. The van der Waals surface area contributed by atoms with Crippen molar-refractivity contribution in [3.8, 4) is 0 Å². The summed E-state index contributed by atoms with van der Waals surface area (Å²) < 4.78 is 26.3. The SMILES string of the molecule is O=C(CCNC(=O)c1ccc(F)cc1F)NNC(=O)Cc1ccc(Cl)cc1. The van der Waals surface area contributed by atoms with Crippen LogP contribution in [0.1, 0.15) is 22.3 Å². The van der Waals surface area contributed by atoms with Crippen LogP contribution in [0.25, 0.3) is 0 Å². The molecule has 0 aromatic heterocycles. The number of rotatable bonds is 6. The largest absolute Gasteiger partial charge is 0.351 e. The number of nitrogens with one attached hydrogen (secondary N) is 3. The van der Waals surface area contributed by atoms with E-state index in [1.54, 1.807) is 24.3 Å². The standard InChI is InChI=1S/C18H16ClF2N3O3/c19-12-3-1-11(2-4-12)9-17(26)24-23-16(25)7-8-22-18(27)14-6-5-13(20)10-15(14)21/h1-6,10H,7-9H2,(H,22,27)(H,23,25)(H,24,26). The Hall–Kier alpha value is -3.00. The summed E-state index contributed by atoms with van der Waals surface area (Å²) in [6.45, 7) is -0.0888. The Bertz CT molecular complexity index is 844. The second-order valence-electron chi connectivity index (χ2n) is 5.53. The molecule has 0 aliphatic heterocycles. The predicted molar refractivity (Wildman–Crippen MR) is 94.7 cm³/mol. The van der Waals surface area contributed by atoms with Gasteiger partial charge in [0.05, 0.1) is 12.0 Å². The lowest BCUT2D eigenvalue weighted by Crippen LogP contribution is -2.43. The van der Waals surface area contributed by atoms with E-state index in [1.165, 1.54) is 0 Å². The molecule has 2 aromatic rings. The monoisotopic (exact) mass is 395 g/mol. The molecule has 0 radical (unpaired) electrons. The predicted octanol–water partition coefficient (Wildman–Crippen LogP) is 2.13. The summed E-state index contributed by atoms with van der Waals surface area (Å²) in [6, 6.07) is 9.24. The fraction of sp³-hybridized carbons (Fsp3) is 0.167. The van der Waals surface area contributed by atoms with Crippen LogP contribution in [0, 0.1) is 11.6 Å². The highest BCUT2D eigenvalue weighted by molar-refractivity contribution is 6.30. The molecule has 0 saturated carbocycles. The van der Waals surface area contributed by atoms with Crippen molar-refractivity contribution in [3.63, 3.8) is 0 Å². The molecule has 2 rings (SSSR count). The molecule has 9 heteroatoms. The molecule has 6 nitrogen and oxygen atoms in total. The molecule has 0 unspecified atom stereocenters. The first-order valence-electron chi connectivity index (χ1n) is 7.90. The summed E-state index contributed by atoms with van der Waals surface area (Å²) in [6.07, 6.45) is -0.0895. The van der Waals surface area contributed by atoms with Gasteiger partial charge in [-0.2, -0.15) is 0 Å². The van der Waals surface area contributed by atoms with Crippen LogP contribution in [0.4, 0.5) is 8.78 Å². The number of hydrogen-bond donors (Lipinski definition) is 3. The molecule has 3 N–H and O–H groups in total. The fourth-order valence-corrected chi connectivity index (χ4v) is 2.22. The fourth-order valence-electron chi connectivity index (χ4n) is 2.09. The number of hydrogen-bond acceptors (Lipinski definition) is 3. The molecule has 0 spiro atoms. The molecule has 142 valence electrons. The topological polar surface area (TPSA) is 87.3 Å². The van der Waals surface area contributed by atoms with Gasteiger partial charge < -0.3 is 5.32 Å². The molecule has 0 atom stereocenters. The summed E-state index contributed by atoms with van der Waals surface area (Å²) in [5.74, 6) is -3.53. The number of hydrazine groups is 1. The Morgan fingerprint density at radius 2 is 1.59 bits per heavy atom. The normalized spacial score (nSPS) is 10.2. The number of amides is 3. The smallest absolute Gasteiger partial charge is 0.254 e. The second kappa shape index (κ2) is 9.63. The second-order valence-corrected chi connectivity index (χ2v) is 5.97. The van der Waals surface area contributed by atoms with Gasteiger partial charge in [0.1, 0.15) is 11.6 Å². The molecule has 0 aliphatic carbocycles. The number of carbonyl (C=O) groups excluding carboxylic acids is 3. The highest BCUT2D eigenvalue weighted by atomic mass is 35.5. The first kappa shape index (κ1) is 20.3. The minimum Gasteiger partial charge on any atom is -0.351 e. The summed E-state index contributed by atoms with van der Waals surface area (Å²) in [4.78, 5) is 35.2. The molecular formula is C18H16ClF2N3O3. The lowest BCUT2D eigenvalue weighted by atomic mass is 10.1. The molecule has 0 heterocycles. The highest BCUT2D eigenvalue weighted by Gasteiger charge is 2.13. The van der Waals surface area contributed by atoms with Crippen LogP contribution in [-0.4, -0.2) is 24.3 Å². The van der Waals surface area contributed by atoms with E-state index in [9.17, 15) is 23.2 Å². The molecular weight excluding hydrogens is 380 g/mol. The maximum absolute atomic E-state index is 13.5. The molecule has 0 aliphatic rings. The molecule has 3 amide bonds. The highest BCUT2D eigenvalue weighted by Crippen LogP contribution is 2.10. The van der Waals surface area contributed by atoms with E-state index in [4.69, 9.17) is 11.6 Å². The van der Waals surface area contributed by atoms with Gasteiger partial charge in [-0.05, 0) is 29.8 Å². The Labute approximate surface area is 158 Å². The van der Waals surface area contributed by atoms with Gasteiger partial charge in [0.15, 0.2) is 0 Å². The third kappa shape index (κ3) is 6.67. The van der Waals surface area contributed by atoms with Gasteiger partial charge >= 0.3 is 0 Å². The van der Waals surface area contributed by atoms with Crippen molar-refractivity contribution in [1.29, 1.82) is 0 Å². The van der Waals surface area contributed by atoms with E-state index in [1.807, 2.05) is 0 Å². The van der Waals surface area contributed by atoms with Crippen LogP contribution >= 0.6 is 11.6 Å². The van der Waals surface area contributed by atoms with Crippen molar-refractivity contribution < 1.29 is 23.2 Å². The molecule has 0 saturated heterocycles. The number of carbonyl (C=O) groups is 3. The first-order valence-corrected chi connectivity index (χ1v) is 8.28. The van der Waals surface area contributed by atoms with Crippen molar-refractivity contribution in [2.24, 2.45) is 0 Å². The summed E-state index contributed by atoms with van der Waals surface area (Å²) >= 11 is 5.75. The zero-order valence-corrected chi connectivity index (χ0v) is 14.8. The van der Waals surface area contributed by atoms with Crippen molar-refractivity contribution >= 4 is 29.3 Å². The zero-order valence-electron chi connectivity index (χ0n) is 14.0. The van der Waals surface area contributed by atoms with Crippen molar-refractivity contribution in [1.82, 2.24) is 16.2 Å². The van der Waals surface area contributed by atoms with E-state index in [0.717, 1.165) is 17.7 Å². The van der Waals surface area contributed by atoms with Gasteiger partial charge in [-0.15, -0.1) is 0 Å². The quantitative estimate of drug-likeness (QED) is 0.655. The minimum atomic E-state index is -0.994. The van der Waals surface area contributed by atoms with Gasteiger partial charge in [0, 0.05) is 24.1 Å². The van der Waals surface area contributed by atoms with Crippen LogP contribution in [0.2, 0.25) is 5.02 Å². The van der Waals surface area contributed by atoms with Gasteiger partial charge in [0.25, 0.3) is 5.91 Å². The van der Waals surface area contributed by atoms with Crippen LogP contribution < -0.4 is 16.2 Å². The van der Waals surface area contributed by atoms with E-state index < -0.39 is 29.4 Å². The lowest BCUT2D eigenvalue weighted by Gasteiger charge is -2.09. The minimum absolute atomic E-state index is 0.0536. The molecule has 2 aromatic carbocycles. The van der Waals surface area contributed by atoms with E-state index in [0.29, 0.717) is 11.1 Å². The van der Waals surface area contributed by atoms with Gasteiger partial charge in [-0.3, -0.25) is 25.2 Å². The van der Waals surface area contributed by atoms with Crippen LogP contribution in [0.3, 0.4) is 0 Å². The van der Waals surface area contributed by atoms with E-state index in [-0.39, 0.29) is 24.9 Å². The van der Waals surface area contributed by atoms with Crippen molar-refractivity contribution in [2.45, 2.75) is 12.8 Å². The Balaban J connectivity index is 1.69. The number of halogens is 3. The van der Waals surface area contributed by atoms with Crippen LogP contribution in [-0.2, 0) is 16.0 Å². The Kier molecular flexibility index (Phi) is 7.25. The first-order chi connectivity index (χ1) is 12.8. The Morgan fingerprint density at radius 3 is 2.26 bits per heavy atom. The molecule has 0 fully saturated rings. The summed E-state index contributed by atoms with van der Waals surface area (Å²) in [5.41, 5.74) is 4.85. The maximum Gasteiger partial charge on any atom is 0.254 e. The third-order valence-electron chi connectivity index (χ3n) is 3.43. The van der Waals surface area contributed by atoms with Crippen LogP contribution in [0.5, 0.6) is 0 Å². The van der Waals surface area contributed by atoms with Gasteiger partial charge in [0.2, 0.25) is 11.8 Å². The third-order valence-corrected chi connectivity index (χ3v) is 3.68. The molecule has 27 heavy (non-hydrogen) atoms. The maximum atomic E-state index is 13.5. The van der Waals surface area contributed by atoms with Crippen molar-refractivity contribution in [3.05, 3.63) is 70.2 Å². The summed E-state index contributed by atoms with van der Waals surface area (Å²) in [5, 5.41) is 2.89. The van der Waals surface area contributed by atoms with Gasteiger partial charge in [-0.1, -0.05) is 23.7 Å². The zero-order chi connectivity index (χ0) is 19.8.